The van der Waals surface area contributed by atoms with E-state index in [1.165, 1.54) is 17.7 Å². The molecule has 25 heavy (non-hydrogen) atoms. The summed E-state index contributed by atoms with van der Waals surface area (Å²) < 4.78 is 14.9. The van der Waals surface area contributed by atoms with Gasteiger partial charge in [-0.15, -0.1) is 0 Å². The summed E-state index contributed by atoms with van der Waals surface area (Å²) in [5, 5.41) is 0.982. The molecule has 2 nitrogen and oxygen atoms in total. The SMILES string of the molecule is Cc1ccc(-c2cccc3c2ccc(=O)n3-c2ccc(F)cc2)cc1. The van der Waals surface area contributed by atoms with Crippen molar-refractivity contribution in [2.45, 2.75) is 6.92 Å². The van der Waals surface area contributed by atoms with Crippen LogP contribution < -0.4 is 5.56 Å². The molecule has 0 spiro atoms. The molecule has 0 aliphatic rings. The highest BCUT2D eigenvalue weighted by Crippen LogP contribution is 2.29. The molecule has 3 aromatic carbocycles. The van der Waals surface area contributed by atoms with Crippen molar-refractivity contribution in [3.63, 3.8) is 0 Å². The molecule has 0 aliphatic carbocycles. The zero-order chi connectivity index (χ0) is 17.4. The number of fused-ring (bicyclic) bond motifs is 1. The van der Waals surface area contributed by atoms with Gasteiger partial charge in [0.25, 0.3) is 5.56 Å². The van der Waals surface area contributed by atoms with Crippen molar-refractivity contribution in [2.24, 2.45) is 0 Å². The van der Waals surface area contributed by atoms with Crippen LogP contribution in [0.25, 0.3) is 27.7 Å². The fraction of sp³-hybridized carbons (Fsp3) is 0.0455. The van der Waals surface area contributed by atoms with E-state index in [9.17, 15) is 9.18 Å². The van der Waals surface area contributed by atoms with Crippen LogP contribution in [0, 0.1) is 12.7 Å². The lowest BCUT2D eigenvalue weighted by Crippen LogP contribution is -2.17. The van der Waals surface area contributed by atoms with Crippen molar-refractivity contribution < 1.29 is 4.39 Å². The monoisotopic (exact) mass is 329 g/mol. The van der Waals surface area contributed by atoms with Gasteiger partial charge in [-0.05, 0) is 54.4 Å². The van der Waals surface area contributed by atoms with Crippen molar-refractivity contribution in [3.05, 3.63) is 101 Å². The number of halogens is 1. The van der Waals surface area contributed by atoms with Crippen LogP contribution in [-0.2, 0) is 0 Å². The Kier molecular flexibility index (Phi) is 3.69. The molecule has 1 heterocycles. The van der Waals surface area contributed by atoms with Gasteiger partial charge in [0.2, 0.25) is 0 Å². The second kappa shape index (κ2) is 6.02. The van der Waals surface area contributed by atoms with Crippen LogP contribution in [0.3, 0.4) is 0 Å². The van der Waals surface area contributed by atoms with Gasteiger partial charge in [0.1, 0.15) is 5.82 Å². The molecular weight excluding hydrogens is 313 g/mol. The van der Waals surface area contributed by atoms with Crippen LogP contribution in [0.15, 0.2) is 83.7 Å². The lowest BCUT2D eigenvalue weighted by molar-refractivity contribution is 0.627. The van der Waals surface area contributed by atoms with E-state index < -0.39 is 0 Å². The minimum Gasteiger partial charge on any atom is -0.277 e. The van der Waals surface area contributed by atoms with Gasteiger partial charge < -0.3 is 0 Å². The Labute approximate surface area is 144 Å². The summed E-state index contributed by atoms with van der Waals surface area (Å²) in [6, 6.07) is 23.6. The van der Waals surface area contributed by atoms with E-state index in [1.807, 2.05) is 24.3 Å². The standard InChI is InChI=1S/C22H16FNO/c1-15-5-7-16(8-6-15)19-3-2-4-21-20(19)13-14-22(25)24(21)18-11-9-17(23)10-12-18/h2-14H,1H3. The van der Waals surface area contributed by atoms with Crippen molar-refractivity contribution >= 4 is 10.9 Å². The fourth-order valence-corrected chi connectivity index (χ4v) is 3.11. The Morgan fingerprint density at radius 1 is 0.800 bits per heavy atom. The number of aromatic nitrogens is 1. The van der Waals surface area contributed by atoms with E-state index in [1.54, 1.807) is 22.8 Å². The first-order chi connectivity index (χ1) is 12.1. The number of rotatable bonds is 2. The minimum atomic E-state index is -0.322. The molecule has 0 atom stereocenters. The van der Waals surface area contributed by atoms with E-state index in [0.29, 0.717) is 5.69 Å². The van der Waals surface area contributed by atoms with Crippen LogP contribution >= 0.6 is 0 Å². The Morgan fingerprint density at radius 3 is 2.24 bits per heavy atom. The van der Waals surface area contributed by atoms with Gasteiger partial charge in [0.15, 0.2) is 0 Å². The first-order valence-corrected chi connectivity index (χ1v) is 8.11. The molecule has 0 radical (unpaired) electrons. The molecule has 0 aliphatic heterocycles. The number of pyridine rings is 1. The third-order valence-electron chi connectivity index (χ3n) is 4.38. The van der Waals surface area contributed by atoms with Crippen molar-refractivity contribution in [1.82, 2.24) is 4.57 Å². The highest BCUT2D eigenvalue weighted by atomic mass is 19.1. The Balaban J connectivity index is 2.01. The second-order valence-electron chi connectivity index (χ2n) is 6.09. The van der Waals surface area contributed by atoms with Gasteiger partial charge in [0, 0.05) is 17.1 Å². The number of hydrogen-bond donors (Lipinski definition) is 0. The molecule has 0 bridgehead atoms. The zero-order valence-corrected chi connectivity index (χ0v) is 13.7. The molecule has 4 rings (SSSR count). The molecule has 0 N–H and O–H groups in total. The molecule has 0 amide bonds. The fourth-order valence-electron chi connectivity index (χ4n) is 3.11. The van der Waals surface area contributed by atoms with E-state index >= 15 is 0 Å². The molecule has 0 saturated carbocycles. The highest BCUT2D eigenvalue weighted by Gasteiger charge is 2.10. The van der Waals surface area contributed by atoms with Gasteiger partial charge in [-0.3, -0.25) is 9.36 Å². The van der Waals surface area contributed by atoms with E-state index in [2.05, 4.69) is 31.2 Å². The summed E-state index contributed by atoms with van der Waals surface area (Å²) in [6.07, 6.45) is 0. The summed E-state index contributed by atoms with van der Waals surface area (Å²) in [7, 11) is 0. The van der Waals surface area contributed by atoms with Gasteiger partial charge >= 0.3 is 0 Å². The first kappa shape index (κ1) is 15.3. The molecule has 122 valence electrons. The Morgan fingerprint density at radius 2 is 1.52 bits per heavy atom. The van der Waals surface area contributed by atoms with Crippen LogP contribution in [0.2, 0.25) is 0 Å². The van der Waals surface area contributed by atoms with Crippen LogP contribution in [0.1, 0.15) is 5.56 Å². The largest absolute Gasteiger partial charge is 0.277 e. The summed E-state index contributed by atoms with van der Waals surface area (Å²) in [5.74, 6) is -0.322. The third-order valence-corrected chi connectivity index (χ3v) is 4.38. The van der Waals surface area contributed by atoms with Crippen LogP contribution in [0.5, 0.6) is 0 Å². The first-order valence-electron chi connectivity index (χ1n) is 8.11. The number of benzene rings is 3. The summed E-state index contributed by atoms with van der Waals surface area (Å²) in [5.41, 5.74) is 4.68. The molecule has 0 unspecified atom stereocenters. The number of aryl methyl sites for hydroxylation is 1. The maximum Gasteiger partial charge on any atom is 0.255 e. The average Bonchev–Trinajstić information content (AvgIpc) is 2.63. The van der Waals surface area contributed by atoms with Gasteiger partial charge in [-0.1, -0.05) is 42.0 Å². The lowest BCUT2D eigenvalue weighted by atomic mass is 9.99. The minimum absolute atomic E-state index is 0.139. The second-order valence-corrected chi connectivity index (χ2v) is 6.09. The number of hydrogen-bond acceptors (Lipinski definition) is 1. The summed E-state index contributed by atoms with van der Waals surface area (Å²) >= 11 is 0. The number of nitrogens with zero attached hydrogens (tertiary/aromatic N) is 1. The Bertz CT molecular complexity index is 1110. The van der Waals surface area contributed by atoms with Gasteiger partial charge in [-0.2, -0.15) is 0 Å². The smallest absolute Gasteiger partial charge is 0.255 e. The topological polar surface area (TPSA) is 22.0 Å². The van der Waals surface area contributed by atoms with Gasteiger partial charge in [-0.25, -0.2) is 4.39 Å². The third kappa shape index (κ3) is 2.74. The van der Waals surface area contributed by atoms with Crippen molar-refractivity contribution in [3.8, 4) is 16.8 Å². The molecule has 1 aromatic heterocycles. The average molecular weight is 329 g/mol. The zero-order valence-electron chi connectivity index (χ0n) is 13.7. The van der Waals surface area contributed by atoms with E-state index in [4.69, 9.17) is 0 Å². The molecule has 0 saturated heterocycles. The quantitative estimate of drug-likeness (QED) is 0.501. The summed E-state index contributed by atoms with van der Waals surface area (Å²) in [6.45, 7) is 2.05. The predicted molar refractivity (Wildman–Crippen MR) is 99.7 cm³/mol. The van der Waals surface area contributed by atoms with Crippen LogP contribution in [0.4, 0.5) is 4.39 Å². The molecular formula is C22H16FNO. The summed E-state index contributed by atoms with van der Waals surface area (Å²) in [4.78, 5) is 12.5. The van der Waals surface area contributed by atoms with Crippen molar-refractivity contribution in [2.75, 3.05) is 0 Å². The van der Waals surface area contributed by atoms with Gasteiger partial charge in [0.05, 0.1) is 5.52 Å². The van der Waals surface area contributed by atoms with E-state index in [0.717, 1.165) is 22.0 Å². The molecule has 4 aromatic rings. The normalized spacial score (nSPS) is 11.0. The predicted octanol–water partition coefficient (Wildman–Crippen LogP) is 5.11. The van der Waals surface area contributed by atoms with Crippen LogP contribution in [-0.4, -0.2) is 4.57 Å². The lowest BCUT2D eigenvalue weighted by Gasteiger charge is -2.13. The maximum absolute atomic E-state index is 13.2. The highest BCUT2D eigenvalue weighted by molar-refractivity contribution is 5.95. The van der Waals surface area contributed by atoms with E-state index in [-0.39, 0.29) is 11.4 Å². The Hall–Kier alpha value is -3.20. The van der Waals surface area contributed by atoms with Crippen molar-refractivity contribution in [1.29, 1.82) is 0 Å². The molecule has 0 fully saturated rings. The molecule has 3 heteroatoms. The maximum atomic E-state index is 13.2.